The first-order valence-corrected chi connectivity index (χ1v) is 4.63. The van der Waals surface area contributed by atoms with Gasteiger partial charge in [-0.25, -0.2) is 0 Å². The molecule has 6 heteroatoms. The molecule has 15 heavy (non-hydrogen) atoms. The molecule has 0 saturated heterocycles. The topological polar surface area (TPSA) is 92.4 Å². The molecule has 0 aliphatic heterocycles. The zero-order valence-electron chi connectivity index (χ0n) is 9.57. The molecule has 90 valence electrons. The average molecular weight is 222 g/mol. The molecule has 0 amide bonds. The van der Waals surface area contributed by atoms with Crippen LogP contribution in [0.5, 0.6) is 0 Å². The lowest BCUT2D eigenvalue weighted by Gasteiger charge is -1.84. The smallest absolute Gasteiger partial charge is 0.432 e. The van der Waals surface area contributed by atoms with Crippen LogP contribution in [0.4, 0.5) is 9.59 Å². The second-order valence-corrected chi connectivity index (χ2v) is 2.07. The van der Waals surface area contributed by atoms with Crippen molar-refractivity contribution in [2.24, 2.45) is 0 Å². The van der Waals surface area contributed by atoms with Gasteiger partial charge in [0.1, 0.15) is 0 Å². The SMILES string of the molecule is CCC.CCOC([O])=O.CCOC([O])=O. The summed E-state index contributed by atoms with van der Waals surface area (Å²) in [6.45, 7) is 7.75. The second kappa shape index (κ2) is 18.3. The van der Waals surface area contributed by atoms with E-state index in [0.717, 1.165) is 0 Å². The number of rotatable bonds is 2. The van der Waals surface area contributed by atoms with E-state index in [2.05, 4.69) is 23.3 Å². The zero-order valence-corrected chi connectivity index (χ0v) is 9.57. The fourth-order valence-electron chi connectivity index (χ4n) is 0.236. The Hall–Kier alpha value is -1.46. The van der Waals surface area contributed by atoms with Gasteiger partial charge >= 0.3 is 12.3 Å². The van der Waals surface area contributed by atoms with Crippen LogP contribution in [0.2, 0.25) is 0 Å². The third-order valence-corrected chi connectivity index (χ3v) is 0.524. The van der Waals surface area contributed by atoms with Crippen molar-refractivity contribution in [3.63, 3.8) is 0 Å². The molecule has 0 aliphatic rings. The monoisotopic (exact) mass is 222 g/mol. The molecule has 0 aromatic rings. The first-order chi connectivity index (χ1) is 6.95. The Balaban J connectivity index is -0.000000153. The van der Waals surface area contributed by atoms with E-state index >= 15 is 0 Å². The highest BCUT2D eigenvalue weighted by Gasteiger charge is 1.91. The van der Waals surface area contributed by atoms with Crippen LogP contribution in [0.1, 0.15) is 34.1 Å². The summed E-state index contributed by atoms with van der Waals surface area (Å²) in [5.41, 5.74) is 0. The van der Waals surface area contributed by atoms with Crippen LogP contribution in [0.15, 0.2) is 0 Å². The molecule has 0 aliphatic carbocycles. The van der Waals surface area contributed by atoms with Crippen LogP contribution in [-0.2, 0) is 19.7 Å². The average Bonchev–Trinajstić information content (AvgIpc) is 2.05. The predicted molar refractivity (Wildman–Crippen MR) is 51.4 cm³/mol. The van der Waals surface area contributed by atoms with Crippen molar-refractivity contribution in [1.29, 1.82) is 0 Å². The molecule has 2 radical (unpaired) electrons. The van der Waals surface area contributed by atoms with E-state index in [4.69, 9.17) is 0 Å². The third kappa shape index (κ3) is 67.6. The highest BCUT2D eigenvalue weighted by atomic mass is 16.7. The third-order valence-electron chi connectivity index (χ3n) is 0.524. The first kappa shape index (κ1) is 19.2. The van der Waals surface area contributed by atoms with Crippen molar-refractivity contribution in [3.05, 3.63) is 0 Å². The lowest BCUT2D eigenvalue weighted by atomic mass is 10.6. The van der Waals surface area contributed by atoms with Crippen molar-refractivity contribution < 1.29 is 29.3 Å². The van der Waals surface area contributed by atoms with E-state index < -0.39 is 12.3 Å². The van der Waals surface area contributed by atoms with Gasteiger partial charge in [0.05, 0.1) is 13.2 Å². The Bertz CT molecular complexity index is 130. The van der Waals surface area contributed by atoms with Gasteiger partial charge in [-0.05, 0) is 13.8 Å². The summed E-state index contributed by atoms with van der Waals surface area (Å²) in [7, 11) is 0. The van der Waals surface area contributed by atoms with Crippen LogP contribution in [0, 0.1) is 0 Å². The van der Waals surface area contributed by atoms with E-state index in [0.29, 0.717) is 0 Å². The Labute approximate surface area is 89.8 Å². The van der Waals surface area contributed by atoms with E-state index in [1.807, 2.05) is 0 Å². The summed E-state index contributed by atoms with van der Waals surface area (Å²) in [5, 5.41) is 18.5. The number of ether oxygens (including phenoxy) is 2. The molecule has 0 atom stereocenters. The van der Waals surface area contributed by atoms with Gasteiger partial charge in [0.25, 0.3) is 0 Å². The molecule has 0 spiro atoms. The van der Waals surface area contributed by atoms with Gasteiger partial charge in [0.2, 0.25) is 0 Å². The van der Waals surface area contributed by atoms with E-state index in [9.17, 15) is 19.8 Å². The van der Waals surface area contributed by atoms with Gasteiger partial charge in [-0.1, -0.05) is 20.3 Å². The maximum Gasteiger partial charge on any atom is 0.549 e. The van der Waals surface area contributed by atoms with E-state index in [1.54, 1.807) is 13.8 Å². The summed E-state index contributed by atoms with van der Waals surface area (Å²) in [6, 6.07) is 0. The van der Waals surface area contributed by atoms with Crippen LogP contribution in [0.3, 0.4) is 0 Å². The summed E-state index contributed by atoms with van der Waals surface area (Å²) in [5.74, 6) is 0. The highest BCUT2D eigenvalue weighted by Crippen LogP contribution is 1.71. The molecule has 0 aromatic heterocycles. The van der Waals surface area contributed by atoms with Crippen molar-refractivity contribution in [3.8, 4) is 0 Å². The standard InChI is InChI=1S/2C3H5O3.C3H8/c2*1-2-6-3(4)5;1-3-2/h2*2H2,1H3;3H2,1-2H3. The lowest BCUT2D eigenvalue weighted by molar-refractivity contribution is 0.0708. The molecular weight excluding hydrogens is 204 g/mol. The molecule has 0 unspecified atom stereocenters. The molecular formula is C9H18O6. The molecule has 0 N–H and O–H groups in total. The number of hydrogen-bond acceptors (Lipinski definition) is 4. The van der Waals surface area contributed by atoms with Gasteiger partial charge in [-0.3, -0.25) is 0 Å². The van der Waals surface area contributed by atoms with Crippen molar-refractivity contribution in [2.45, 2.75) is 34.1 Å². The summed E-state index contributed by atoms with van der Waals surface area (Å²) in [6.07, 6.45) is -1.67. The molecule has 0 saturated carbocycles. The maximum absolute atomic E-state index is 9.27. The van der Waals surface area contributed by atoms with Gasteiger partial charge in [-0.2, -0.15) is 19.8 Å². The minimum Gasteiger partial charge on any atom is -0.432 e. The van der Waals surface area contributed by atoms with Crippen LogP contribution in [-0.4, -0.2) is 25.5 Å². The van der Waals surface area contributed by atoms with Crippen LogP contribution >= 0.6 is 0 Å². The quantitative estimate of drug-likeness (QED) is 0.671. The van der Waals surface area contributed by atoms with E-state index in [1.165, 1.54) is 6.42 Å². The Morgan fingerprint density at radius 3 is 1.00 bits per heavy atom. The Morgan fingerprint density at radius 1 is 0.800 bits per heavy atom. The number of carbonyl (C=O) groups is 2. The molecule has 0 bridgehead atoms. The summed E-state index contributed by atoms with van der Waals surface area (Å²) in [4.78, 5) is 18.5. The normalized spacial score (nSPS) is 7.20. The number of carbonyl (C=O) groups excluding carboxylic acids is 2. The predicted octanol–water partition coefficient (Wildman–Crippen LogP) is 2.56. The summed E-state index contributed by atoms with van der Waals surface area (Å²) < 4.78 is 7.69. The fraction of sp³-hybridized carbons (Fsp3) is 0.778. The van der Waals surface area contributed by atoms with Crippen molar-refractivity contribution in [2.75, 3.05) is 13.2 Å². The molecule has 0 fully saturated rings. The van der Waals surface area contributed by atoms with Gasteiger partial charge < -0.3 is 9.47 Å². The van der Waals surface area contributed by atoms with Gasteiger partial charge in [-0.15, -0.1) is 0 Å². The largest absolute Gasteiger partial charge is 0.549 e. The zero-order chi connectivity index (χ0) is 12.7. The minimum atomic E-state index is -1.46. The number of hydrogen-bond donors (Lipinski definition) is 0. The lowest BCUT2D eigenvalue weighted by Crippen LogP contribution is -1.95. The Morgan fingerprint density at radius 2 is 1.00 bits per heavy atom. The molecule has 6 nitrogen and oxygen atoms in total. The van der Waals surface area contributed by atoms with Gasteiger partial charge in [0.15, 0.2) is 0 Å². The van der Waals surface area contributed by atoms with Crippen LogP contribution in [0.25, 0.3) is 0 Å². The maximum atomic E-state index is 9.27. The van der Waals surface area contributed by atoms with Crippen molar-refractivity contribution in [1.82, 2.24) is 0 Å². The van der Waals surface area contributed by atoms with Crippen molar-refractivity contribution >= 4 is 12.3 Å². The van der Waals surface area contributed by atoms with Gasteiger partial charge in [0, 0.05) is 0 Å². The molecule has 0 rings (SSSR count). The van der Waals surface area contributed by atoms with E-state index in [-0.39, 0.29) is 13.2 Å². The second-order valence-electron chi connectivity index (χ2n) is 2.07. The molecule has 0 heterocycles. The minimum absolute atomic E-state index is 0.169. The fourth-order valence-corrected chi connectivity index (χ4v) is 0.236. The Kier molecular flexibility index (Phi) is 23.4. The summed E-state index contributed by atoms with van der Waals surface area (Å²) >= 11 is 0. The molecule has 0 aromatic carbocycles. The van der Waals surface area contributed by atoms with Crippen LogP contribution < -0.4 is 0 Å². The first-order valence-electron chi connectivity index (χ1n) is 4.63. The highest BCUT2D eigenvalue weighted by molar-refractivity contribution is 5.56.